The van der Waals surface area contributed by atoms with Gasteiger partial charge in [-0.2, -0.15) is 0 Å². The molecule has 0 aliphatic heterocycles. The molecule has 1 atom stereocenters. The number of carbonyl (C=O) groups excluding carboxylic acids is 1. The van der Waals surface area contributed by atoms with Crippen LogP contribution >= 0.6 is 11.6 Å². The van der Waals surface area contributed by atoms with E-state index in [0.29, 0.717) is 21.9 Å². The molecule has 0 radical (unpaired) electrons. The van der Waals surface area contributed by atoms with Crippen LogP contribution in [0.4, 0.5) is 0 Å². The number of rotatable bonds is 4. The van der Waals surface area contributed by atoms with Crippen LogP contribution in [0.15, 0.2) is 48.8 Å². The molecule has 0 aliphatic rings. The summed E-state index contributed by atoms with van der Waals surface area (Å²) >= 11 is 6.04. The fraction of sp³-hybridized carbons (Fsp3) is 0.176. The number of nitrogens with zero attached hydrogens (tertiary/aromatic N) is 2. The van der Waals surface area contributed by atoms with Gasteiger partial charge in [-0.1, -0.05) is 35.9 Å². The lowest BCUT2D eigenvalue weighted by molar-refractivity contribution is 0.0910. The van der Waals surface area contributed by atoms with Crippen LogP contribution in [0.3, 0.4) is 0 Å². The summed E-state index contributed by atoms with van der Waals surface area (Å²) in [6.45, 7) is 2.02. The lowest BCUT2D eigenvalue weighted by Gasteiger charge is -2.13. The van der Waals surface area contributed by atoms with Crippen molar-refractivity contribution in [2.45, 2.75) is 13.0 Å². The van der Waals surface area contributed by atoms with Crippen LogP contribution in [0.2, 0.25) is 5.02 Å². The number of amides is 1. The third-order valence-corrected chi connectivity index (χ3v) is 3.95. The van der Waals surface area contributed by atoms with Crippen molar-refractivity contribution in [3.05, 3.63) is 70.6 Å². The summed E-state index contributed by atoms with van der Waals surface area (Å²) in [6, 6.07) is 10.8. The highest BCUT2D eigenvalue weighted by Gasteiger charge is 2.15. The van der Waals surface area contributed by atoms with Gasteiger partial charge >= 0.3 is 0 Å². The Bertz CT molecular complexity index is 860. The molecule has 0 spiro atoms. The molecule has 0 bridgehead atoms. The predicted molar refractivity (Wildman–Crippen MR) is 88.7 cm³/mol. The van der Waals surface area contributed by atoms with Crippen molar-refractivity contribution >= 4 is 23.2 Å². The Kier molecular flexibility index (Phi) is 4.32. The molecule has 3 rings (SSSR count). The van der Waals surface area contributed by atoms with Crippen molar-refractivity contribution in [3.8, 4) is 0 Å². The zero-order valence-corrected chi connectivity index (χ0v) is 13.3. The van der Waals surface area contributed by atoms with E-state index < -0.39 is 6.10 Å². The van der Waals surface area contributed by atoms with Crippen LogP contribution in [0.25, 0.3) is 5.65 Å². The summed E-state index contributed by atoms with van der Waals surface area (Å²) in [4.78, 5) is 16.5. The zero-order valence-electron chi connectivity index (χ0n) is 12.5. The molecule has 2 N–H and O–H groups in total. The van der Waals surface area contributed by atoms with Crippen LogP contribution < -0.4 is 5.32 Å². The maximum absolute atomic E-state index is 12.3. The fourth-order valence-corrected chi connectivity index (χ4v) is 2.65. The number of imidazole rings is 1. The van der Waals surface area contributed by atoms with Gasteiger partial charge in [0.1, 0.15) is 11.3 Å². The molecule has 2 heterocycles. The molecule has 23 heavy (non-hydrogen) atoms. The topological polar surface area (TPSA) is 66.6 Å². The number of aliphatic hydroxyl groups excluding tert-OH is 1. The molecule has 1 amide bonds. The highest BCUT2D eigenvalue weighted by atomic mass is 35.5. The number of halogens is 1. The summed E-state index contributed by atoms with van der Waals surface area (Å²) in [7, 11) is 0. The van der Waals surface area contributed by atoms with Gasteiger partial charge in [0.2, 0.25) is 0 Å². The molecule has 3 aromatic rings. The minimum absolute atomic E-state index is 0.0710. The van der Waals surface area contributed by atoms with Crippen molar-refractivity contribution in [2.24, 2.45) is 0 Å². The highest BCUT2D eigenvalue weighted by Crippen LogP contribution is 2.22. The van der Waals surface area contributed by atoms with Crippen LogP contribution in [-0.2, 0) is 0 Å². The Labute approximate surface area is 138 Å². The number of hydrogen-bond donors (Lipinski definition) is 2. The molecule has 1 unspecified atom stereocenters. The Balaban J connectivity index is 1.74. The standard InChI is InChI=1S/C17H16ClN3O2/c1-11-6-7-16-19-8-14(21(16)10-11)17(23)20-9-15(22)12-4-2-3-5-13(12)18/h2-8,10,15,22H,9H2,1H3,(H,20,23). The first-order chi connectivity index (χ1) is 11.1. The third kappa shape index (κ3) is 3.21. The van der Waals surface area contributed by atoms with Crippen LogP contribution in [0.5, 0.6) is 0 Å². The lowest BCUT2D eigenvalue weighted by Crippen LogP contribution is -2.29. The molecule has 0 saturated heterocycles. The maximum Gasteiger partial charge on any atom is 0.270 e. The monoisotopic (exact) mass is 329 g/mol. The second kappa shape index (κ2) is 6.40. The lowest BCUT2D eigenvalue weighted by atomic mass is 10.1. The molecule has 1 aromatic carbocycles. The summed E-state index contributed by atoms with van der Waals surface area (Å²) in [5.41, 5.74) is 2.74. The van der Waals surface area contributed by atoms with Crippen molar-refractivity contribution in [3.63, 3.8) is 0 Å². The minimum atomic E-state index is -0.867. The number of carbonyl (C=O) groups is 1. The Morgan fingerprint density at radius 3 is 2.91 bits per heavy atom. The molecule has 6 heteroatoms. The van der Waals surface area contributed by atoms with Gasteiger partial charge in [-0.05, 0) is 24.6 Å². The summed E-state index contributed by atoms with van der Waals surface area (Å²) in [6.07, 6.45) is 2.50. The van der Waals surface area contributed by atoms with Crippen molar-refractivity contribution in [2.75, 3.05) is 6.54 Å². The third-order valence-electron chi connectivity index (χ3n) is 3.61. The number of aryl methyl sites for hydroxylation is 1. The van der Waals surface area contributed by atoms with E-state index >= 15 is 0 Å². The first-order valence-corrected chi connectivity index (χ1v) is 7.58. The maximum atomic E-state index is 12.3. The number of hydrogen-bond acceptors (Lipinski definition) is 3. The van der Waals surface area contributed by atoms with Crippen LogP contribution in [0, 0.1) is 6.92 Å². The van der Waals surface area contributed by atoms with Crippen molar-refractivity contribution < 1.29 is 9.90 Å². The Hall–Kier alpha value is -2.37. The molecular formula is C17H16ClN3O2. The summed E-state index contributed by atoms with van der Waals surface area (Å²) in [5, 5.41) is 13.4. The number of aliphatic hydroxyl groups is 1. The van der Waals surface area contributed by atoms with Crippen LogP contribution in [-0.4, -0.2) is 26.9 Å². The average Bonchev–Trinajstić information content (AvgIpc) is 2.95. The van der Waals surface area contributed by atoms with Gasteiger partial charge in [-0.3, -0.25) is 9.20 Å². The average molecular weight is 330 g/mol. The molecule has 118 valence electrons. The van der Waals surface area contributed by atoms with Gasteiger partial charge in [-0.25, -0.2) is 4.98 Å². The van der Waals surface area contributed by atoms with Crippen molar-refractivity contribution in [1.82, 2.24) is 14.7 Å². The molecule has 0 fully saturated rings. The summed E-state index contributed by atoms with van der Waals surface area (Å²) < 4.78 is 1.73. The SMILES string of the molecule is Cc1ccc2ncc(C(=O)NCC(O)c3ccccc3Cl)n2c1. The number of benzene rings is 1. The number of fused-ring (bicyclic) bond motifs is 1. The number of aromatic nitrogens is 2. The van der Waals surface area contributed by atoms with Gasteiger partial charge < -0.3 is 10.4 Å². The number of nitrogens with one attached hydrogen (secondary N) is 1. The van der Waals surface area contributed by atoms with E-state index in [0.717, 1.165) is 5.56 Å². The van der Waals surface area contributed by atoms with E-state index in [2.05, 4.69) is 10.3 Å². The normalized spacial score (nSPS) is 12.3. The molecular weight excluding hydrogens is 314 g/mol. The quantitative estimate of drug-likeness (QED) is 0.773. The smallest absolute Gasteiger partial charge is 0.270 e. The van der Waals surface area contributed by atoms with E-state index in [-0.39, 0.29) is 12.5 Å². The van der Waals surface area contributed by atoms with Gasteiger partial charge in [0.15, 0.2) is 0 Å². The first-order valence-electron chi connectivity index (χ1n) is 7.20. The zero-order chi connectivity index (χ0) is 16.4. The molecule has 2 aromatic heterocycles. The predicted octanol–water partition coefficient (Wildman–Crippen LogP) is 2.76. The number of pyridine rings is 1. The van der Waals surface area contributed by atoms with Gasteiger partial charge in [0, 0.05) is 23.3 Å². The Morgan fingerprint density at radius 1 is 1.35 bits per heavy atom. The molecule has 0 saturated carbocycles. The second-order valence-corrected chi connectivity index (χ2v) is 5.73. The molecule has 0 aliphatic carbocycles. The van der Waals surface area contributed by atoms with E-state index in [1.165, 1.54) is 6.20 Å². The Morgan fingerprint density at radius 2 is 2.13 bits per heavy atom. The molecule has 5 nitrogen and oxygen atoms in total. The van der Waals surface area contributed by atoms with E-state index in [1.807, 2.05) is 25.3 Å². The van der Waals surface area contributed by atoms with E-state index in [4.69, 9.17) is 11.6 Å². The van der Waals surface area contributed by atoms with E-state index in [1.54, 1.807) is 28.7 Å². The fourth-order valence-electron chi connectivity index (χ4n) is 2.39. The largest absolute Gasteiger partial charge is 0.387 e. The first kappa shape index (κ1) is 15.5. The summed E-state index contributed by atoms with van der Waals surface area (Å²) in [5.74, 6) is -0.297. The van der Waals surface area contributed by atoms with Crippen molar-refractivity contribution in [1.29, 1.82) is 0 Å². The highest BCUT2D eigenvalue weighted by molar-refractivity contribution is 6.31. The van der Waals surface area contributed by atoms with Gasteiger partial charge in [0.25, 0.3) is 5.91 Å². The van der Waals surface area contributed by atoms with Gasteiger partial charge in [-0.15, -0.1) is 0 Å². The van der Waals surface area contributed by atoms with Crippen LogP contribution in [0.1, 0.15) is 27.7 Å². The minimum Gasteiger partial charge on any atom is -0.387 e. The van der Waals surface area contributed by atoms with Gasteiger partial charge in [0.05, 0.1) is 12.3 Å². The van der Waals surface area contributed by atoms with E-state index in [9.17, 15) is 9.90 Å². The second-order valence-electron chi connectivity index (χ2n) is 5.33.